The van der Waals surface area contributed by atoms with Crippen LogP contribution >= 0.6 is 0 Å². The molecule has 3 heteroatoms. The molecule has 0 saturated heterocycles. The molecule has 0 spiro atoms. The monoisotopic (exact) mass is 354 g/mol. The Hall–Kier alpha value is -1.42. The lowest BCUT2D eigenvalue weighted by Crippen LogP contribution is -2.67. The summed E-state index contributed by atoms with van der Waals surface area (Å²) in [5, 5.41) is 13.3. The third-order valence-electron chi connectivity index (χ3n) is 5.65. The minimum absolute atomic E-state index is 0.0390. The minimum atomic E-state index is -2.52. The van der Waals surface area contributed by atoms with E-state index in [0.717, 1.165) is 12.8 Å². The summed E-state index contributed by atoms with van der Waals surface area (Å²) < 4.78 is 6.81. The van der Waals surface area contributed by atoms with Crippen LogP contribution in [0, 0.1) is 5.92 Å². The molecular weight excluding hydrogens is 324 g/mol. The maximum absolute atomic E-state index is 10.8. The Bertz CT molecular complexity index is 653. The first-order valence-electron chi connectivity index (χ1n) is 9.31. The molecule has 1 N–H and O–H groups in total. The molecule has 0 aliphatic heterocycles. The molecule has 2 aromatic carbocycles. The van der Waals surface area contributed by atoms with Crippen LogP contribution in [0.3, 0.4) is 0 Å². The van der Waals surface area contributed by atoms with Crippen molar-refractivity contribution in [2.24, 2.45) is 5.92 Å². The van der Waals surface area contributed by atoms with E-state index < -0.39 is 13.9 Å². The molecule has 134 valence electrons. The Balaban J connectivity index is 2.06. The number of rotatable bonds is 6. The summed E-state index contributed by atoms with van der Waals surface area (Å²) in [6.45, 7) is 9.39. The van der Waals surface area contributed by atoms with Crippen molar-refractivity contribution in [1.82, 2.24) is 0 Å². The topological polar surface area (TPSA) is 29.5 Å². The van der Waals surface area contributed by atoms with Crippen molar-refractivity contribution < 1.29 is 9.53 Å². The number of aliphatic hydroxyl groups is 1. The lowest BCUT2D eigenvalue weighted by Gasteiger charge is -2.43. The second-order valence-corrected chi connectivity index (χ2v) is 12.7. The Labute approximate surface area is 153 Å². The van der Waals surface area contributed by atoms with Gasteiger partial charge in [0.15, 0.2) is 0 Å². The van der Waals surface area contributed by atoms with Gasteiger partial charge in [-0.05, 0) is 27.8 Å². The van der Waals surface area contributed by atoms with Crippen LogP contribution in [0.5, 0.6) is 0 Å². The van der Waals surface area contributed by atoms with E-state index in [1.54, 1.807) is 0 Å². The van der Waals surface area contributed by atoms with Gasteiger partial charge in [0.1, 0.15) is 0 Å². The Morgan fingerprint density at radius 3 is 1.84 bits per heavy atom. The molecule has 0 bridgehead atoms. The third kappa shape index (κ3) is 3.33. The molecule has 1 fully saturated rings. The zero-order valence-corrected chi connectivity index (χ0v) is 16.8. The van der Waals surface area contributed by atoms with Crippen molar-refractivity contribution >= 4 is 18.7 Å². The van der Waals surface area contributed by atoms with Crippen LogP contribution in [-0.4, -0.2) is 25.6 Å². The van der Waals surface area contributed by atoms with Crippen LogP contribution in [0.2, 0.25) is 5.04 Å². The normalized spacial score (nSPS) is 23.5. The van der Waals surface area contributed by atoms with Gasteiger partial charge in [-0.25, -0.2) is 0 Å². The summed E-state index contributed by atoms with van der Waals surface area (Å²) in [7, 11) is -2.52. The van der Waals surface area contributed by atoms with E-state index in [1.807, 2.05) is 0 Å². The van der Waals surface area contributed by atoms with E-state index in [4.69, 9.17) is 4.43 Å². The van der Waals surface area contributed by atoms with Crippen LogP contribution in [0.25, 0.3) is 0 Å². The van der Waals surface area contributed by atoms with Crippen molar-refractivity contribution in [2.75, 3.05) is 6.61 Å². The van der Waals surface area contributed by atoms with Crippen LogP contribution in [-0.2, 0) is 4.43 Å². The first-order chi connectivity index (χ1) is 11.8. The number of hydrogen-bond acceptors (Lipinski definition) is 2. The molecule has 2 aromatic rings. The molecular formula is C22H30O2Si. The summed E-state index contributed by atoms with van der Waals surface area (Å²) in [5.41, 5.74) is -0.637. The predicted molar refractivity (Wildman–Crippen MR) is 107 cm³/mol. The quantitative estimate of drug-likeness (QED) is 0.801. The zero-order chi connectivity index (χ0) is 18.1. The standard InChI is InChI=1S/C22H30O2Si/c1-5-18-16-22(18,23)17-24-25(21(2,3)4,19-12-8-6-9-13-19)20-14-10-7-11-15-20/h6-15,18,23H,5,16-17H2,1-4H3/t18-,22-/m0/s1. The lowest BCUT2D eigenvalue weighted by atomic mass is 10.2. The molecule has 0 unspecified atom stereocenters. The molecule has 1 aliphatic rings. The summed E-state index contributed by atoms with van der Waals surface area (Å²) in [6, 6.07) is 21.3. The zero-order valence-electron chi connectivity index (χ0n) is 15.8. The van der Waals surface area contributed by atoms with Gasteiger partial charge in [-0.2, -0.15) is 0 Å². The Morgan fingerprint density at radius 1 is 1.00 bits per heavy atom. The molecule has 0 heterocycles. The lowest BCUT2D eigenvalue weighted by molar-refractivity contribution is 0.0657. The maximum Gasteiger partial charge on any atom is 0.261 e. The molecule has 25 heavy (non-hydrogen) atoms. The highest BCUT2D eigenvalue weighted by molar-refractivity contribution is 6.99. The van der Waals surface area contributed by atoms with Gasteiger partial charge in [0.25, 0.3) is 8.32 Å². The van der Waals surface area contributed by atoms with Crippen molar-refractivity contribution in [2.45, 2.75) is 51.2 Å². The average Bonchev–Trinajstić information content (AvgIpc) is 3.27. The van der Waals surface area contributed by atoms with Gasteiger partial charge in [-0.15, -0.1) is 0 Å². The first-order valence-corrected chi connectivity index (χ1v) is 11.2. The highest BCUT2D eigenvalue weighted by atomic mass is 28.4. The fraction of sp³-hybridized carbons (Fsp3) is 0.455. The molecule has 0 amide bonds. The van der Waals surface area contributed by atoms with Gasteiger partial charge in [-0.3, -0.25) is 0 Å². The molecule has 2 nitrogen and oxygen atoms in total. The van der Waals surface area contributed by atoms with Crippen molar-refractivity contribution in [3.63, 3.8) is 0 Å². The molecule has 0 aromatic heterocycles. The van der Waals surface area contributed by atoms with Crippen molar-refractivity contribution in [3.05, 3.63) is 60.7 Å². The fourth-order valence-electron chi connectivity index (χ4n) is 4.06. The van der Waals surface area contributed by atoms with E-state index in [1.165, 1.54) is 10.4 Å². The molecule has 2 atom stereocenters. The third-order valence-corrected chi connectivity index (χ3v) is 10.6. The molecule has 1 aliphatic carbocycles. The average molecular weight is 355 g/mol. The number of hydrogen-bond donors (Lipinski definition) is 1. The van der Waals surface area contributed by atoms with E-state index in [-0.39, 0.29) is 5.04 Å². The van der Waals surface area contributed by atoms with Crippen LogP contribution in [0.15, 0.2) is 60.7 Å². The van der Waals surface area contributed by atoms with E-state index in [2.05, 4.69) is 88.4 Å². The second kappa shape index (κ2) is 6.71. The van der Waals surface area contributed by atoms with E-state index >= 15 is 0 Å². The van der Waals surface area contributed by atoms with E-state index in [9.17, 15) is 5.11 Å². The minimum Gasteiger partial charge on any atom is -0.404 e. The molecule has 1 saturated carbocycles. The maximum atomic E-state index is 10.8. The summed E-state index contributed by atoms with van der Waals surface area (Å²) >= 11 is 0. The highest BCUT2D eigenvalue weighted by Gasteiger charge is 2.56. The van der Waals surface area contributed by atoms with Gasteiger partial charge in [0, 0.05) is 0 Å². The largest absolute Gasteiger partial charge is 0.404 e. The summed E-state index contributed by atoms with van der Waals surface area (Å²) in [5.74, 6) is 0.380. The van der Waals surface area contributed by atoms with Gasteiger partial charge >= 0.3 is 0 Å². The van der Waals surface area contributed by atoms with Gasteiger partial charge < -0.3 is 9.53 Å². The Morgan fingerprint density at radius 2 is 1.48 bits per heavy atom. The SMILES string of the molecule is CC[C@H]1C[C@]1(O)CO[Si](c1ccccc1)(c1ccccc1)C(C)(C)C. The van der Waals surface area contributed by atoms with E-state index in [0.29, 0.717) is 12.5 Å². The molecule has 0 radical (unpaired) electrons. The first kappa shape index (κ1) is 18.4. The van der Waals surface area contributed by atoms with Crippen LogP contribution in [0.1, 0.15) is 40.5 Å². The van der Waals surface area contributed by atoms with Gasteiger partial charge in [0.2, 0.25) is 0 Å². The summed E-state index contributed by atoms with van der Waals surface area (Å²) in [4.78, 5) is 0. The highest BCUT2D eigenvalue weighted by Crippen LogP contribution is 2.47. The van der Waals surface area contributed by atoms with Crippen molar-refractivity contribution in [3.8, 4) is 0 Å². The van der Waals surface area contributed by atoms with Crippen molar-refractivity contribution in [1.29, 1.82) is 0 Å². The van der Waals surface area contributed by atoms with Gasteiger partial charge in [0.05, 0.1) is 12.2 Å². The number of benzene rings is 2. The second-order valence-electron chi connectivity index (χ2n) is 8.36. The predicted octanol–water partition coefficient (Wildman–Crippen LogP) is 3.72. The molecule has 3 rings (SSSR count). The summed E-state index contributed by atoms with van der Waals surface area (Å²) in [6.07, 6.45) is 1.88. The smallest absolute Gasteiger partial charge is 0.261 e. The van der Waals surface area contributed by atoms with Crippen LogP contribution < -0.4 is 10.4 Å². The Kier molecular flexibility index (Phi) is 4.93. The van der Waals surface area contributed by atoms with Crippen LogP contribution in [0.4, 0.5) is 0 Å². The fourth-order valence-corrected chi connectivity index (χ4v) is 8.69. The van der Waals surface area contributed by atoms with Gasteiger partial charge in [-0.1, -0.05) is 94.8 Å².